The topological polar surface area (TPSA) is 134 Å². The van der Waals surface area contributed by atoms with Crippen LogP contribution in [-0.4, -0.2) is 79.9 Å². The Morgan fingerprint density at radius 2 is 1.84 bits per heavy atom. The number of oxime groups is 1. The van der Waals surface area contributed by atoms with Gasteiger partial charge in [0.05, 0.1) is 32.0 Å². The van der Waals surface area contributed by atoms with Gasteiger partial charge in [-0.3, -0.25) is 10.2 Å². The molecule has 238 valence electrons. The van der Waals surface area contributed by atoms with Gasteiger partial charge in [-0.05, 0) is 42.0 Å². The standard InChI is InChI=1S/C31H37FN4O7.BrH/c1-31(2,3)20-10-17(23(37)15-36-14-18-12-24(40-4)28(41-5)26(32)25(18)29(36)33)11-22(35-8-6-7-9-35)27(20)42-16-19-13-21(30(38)39)34-43-19;/h10-12,19,33H,6-9,13-16H2,1-5H3,(H,38,39);1H. The molecule has 3 heterocycles. The molecule has 0 spiro atoms. The Balaban J connectivity index is 0.00000442. The van der Waals surface area contributed by atoms with Gasteiger partial charge in [-0.25, -0.2) is 9.18 Å². The summed E-state index contributed by atoms with van der Waals surface area (Å²) in [5.74, 6) is -1.32. The Morgan fingerprint density at radius 1 is 1.14 bits per heavy atom. The molecule has 2 aromatic carbocycles. The molecule has 3 aliphatic rings. The number of carbonyl (C=O) groups is 2. The summed E-state index contributed by atoms with van der Waals surface area (Å²) in [6, 6.07) is 5.29. The second kappa shape index (κ2) is 13.0. The maximum atomic E-state index is 15.3. The molecule has 5 rings (SSSR count). The smallest absolute Gasteiger partial charge is 0.353 e. The molecule has 11 nitrogen and oxygen atoms in total. The van der Waals surface area contributed by atoms with Crippen LogP contribution in [0.3, 0.4) is 0 Å². The summed E-state index contributed by atoms with van der Waals surface area (Å²) in [5.41, 5.74) is 2.26. The highest BCUT2D eigenvalue weighted by Gasteiger charge is 2.34. The van der Waals surface area contributed by atoms with E-state index in [0.29, 0.717) is 16.9 Å². The van der Waals surface area contributed by atoms with Gasteiger partial charge in [-0.2, -0.15) is 0 Å². The molecule has 0 aliphatic carbocycles. The average molecular weight is 678 g/mol. The number of halogens is 2. The van der Waals surface area contributed by atoms with E-state index in [2.05, 4.69) is 10.1 Å². The fraction of sp³-hybridized carbons (Fsp3) is 0.484. The first-order valence-corrected chi connectivity index (χ1v) is 14.3. The van der Waals surface area contributed by atoms with Crippen LogP contribution in [0.15, 0.2) is 23.4 Å². The molecule has 44 heavy (non-hydrogen) atoms. The molecular weight excluding hydrogens is 639 g/mol. The minimum Gasteiger partial charge on any atom is -0.493 e. The number of carbonyl (C=O) groups excluding carboxylic acids is 1. The van der Waals surface area contributed by atoms with E-state index in [4.69, 9.17) is 24.5 Å². The van der Waals surface area contributed by atoms with E-state index in [1.807, 2.05) is 32.9 Å². The summed E-state index contributed by atoms with van der Waals surface area (Å²) in [7, 11) is 2.76. The molecule has 1 fully saturated rings. The van der Waals surface area contributed by atoms with E-state index in [-0.39, 0.29) is 77.5 Å². The Hall–Kier alpha value is -3.87. The summed E-state index contributed by atoms with van der Waals surface area (Å²) >= 11 is 0. The lowest BCUT2D eigenvalue weighted by molar-refractivity contribution is -0.129. The summed E-state index contributed by atoms with van der Waals surface area (Å²) in [4.78, 5) is 34.1. The first kappa shape index (κ1) is 33.0. The van der Waals surface area contributed by atoms with E-state index in [0.717, 1.165) is 37.2 Å². The molecule has 2 N–H and O–H groups in total. The third-order valence-corrected chi connectivity index (χ3v) is 7.98. The van der Waals surface area contributed by atoms with Gasteiger partial charge in [0.2, 0.25) is 0 Å². The maximum Gasteiger partial charge on any atom is 0.353 e. The van der Waals surface area contributed by atoms with E-state index in [9.17, 15) is 14.7 Å². The van der Waals surface area contributed by atoms with Gasteiger partial charge < -0.3 is 34.0 Å². The monoisotopic (exact) mass is 676 g/mol. The number of amidine groups is 1. The van der Waals surface area contributed by atoms with Crippen molar-refractivity contribution in [2.45, 2.75) is 58.1 Å². The van der Waals surface area contributed by atoms with Crippen molar-refractivity contribution >= 4 is 46.0 Å². The normalized spacial score (nSPS) is 17.5. The SMILES string of the molecule is Br.COc1cc2c(c(F)c1OC)C(=N)N(CC(=O)c1cc(N3CCCC3)c(OCC3CC(C(=O)O)=NO3)c(C(C)(C)C)c1)C2. The summed E-state index contributed by atoms with van der Waals surface area (Å²) in [5, 5.41) is 21.6. The molecule has 0 bridgehead atoms. The Labute approximate surface area is 266 Å². The van der Waals surface area contributed by atoms with E-state index in [1.165, 1.54) is 14.2 Å². The molecule has 0 amide bonds. The van der Waals surface area contributed by atoms with Gasteiger partial charge in [0.15, 0.2) is 34.9 Å². The second-order valence-corrected chi connectivity index (χ2v) is 12.0. The zero-order valence-electron chi connectivity index (χ0n) is 25.5. The third-order valence-electron chi connectivity index (χ3n) is 7.98. The second-order valence-electron chi connectivity index (χ2n) is 12.0. The quantitative estimate of drug-likeness (QED) is 0.335. The summed E-state index contributed by atoms with van der Waals surface area (Å²) < 4.78 is 32.1. The predicted octanol–water partition coefficient (Wildman–Crippen LogP) is 4.95. The van der Waals surface area contributed by atoms with Crippen molar-refractivity contribution in [1.29, 1.82) is 5.41 Å². The highest BCUT2D eigenvalue weighted by Crippen LogP contribution is 2.42. The molecule has 3 aliphatic heterocycles. The zero-order chi connectivity index (χ0) is 31.1. The molecule has 1 atom stereocenters. The van der Waals surface area contributed by atoms with Crippen molar-refractivity contribution < 1.29 is 38.1 Å². The number of nitrogens with zero attached hydrogens (tertiary/aromatic N) is 3. The minimum atomic E-state index is -1.12. The van der Waals surface area contributed by atoms with E-state index >= 15 is 4.39 Å². The molecule has 0 aromatic heterocycles. The zero-order valence-corrected chi connectivity index (χ0v) is 27.2. The number of rotatable bonds is 10. The van der Waals surface area contributed by atoms with Crippen LogP contribution >= 0.6 is 17.0 Å². The fourth-order valence-corrected chi connectivity index (χ4v) is 5.72. The largest absolute Gasteiger partial charge is 0.493 e. The van der Waals surface area contributed by atoms with Gasteiger partial charge in [-0.15, -0.1) is 17.0 Å². The number of hydrogen-bond donors (Lipinski definition) is 2. The van der Waals surface area contributed by atoms with Gasteiger partial charge in [0.25, 0.3) is 0 Å². The fourth-order valence-electron chi connectivity index (χ4n) is 5.72. The Morgan fingerprint density at radius 3 is 2.43 bits per heavy atom. The highest BCUT2D eigenvalue weighted by molar-refractivity contribution is 8.93. The van der Waals surface area contributed by atoms with Crippen LogP contribution in [0.1, 0.15) is 67.1 Å². The predicted molar refractivity (Wildman–Crippen MR) is 168 cm³/mol. The van der Waals surface area contributed by atoms with Gasteiger partial charge in [0.1, 0.15) is 18.2 Å². The first-order valence-electron chi connectivity index (χ1n) is 14.3. The number of nitrogens with one attached hydrogen (secondary N) is 1. The number of carboxylic acids is 1. The van der Waals surface area contributed by atoms with E-state index in [1.54, 1.807) is 11.0 Å². The van der Waals surface area contributed by atoms with Gasteiger partial charge in [-0.1, -0.05) is 25.9 Å². The van der Waals surface area contributed by atoms with Crippen LogP contribution in [0.25, 0.3) is 0 Å². The number of methoxy groups -OCH3 is 2. The summed E-state index contributed by atoms with van der Waals surface area (Å²) in [6.45, 7) is 7.87. The van der Waals surface area contributed by atoms with Crippen LogP contribution in [0.4, 0.5) is 10.1 Å². The van der Waals surface area contributed by atoms with Crippen LogP contribution in [0.5, 0.6) is 17.2 Å². The lowest BCUT2D eigenvalue weighted by atomic mass is 9.84. The van der Waals surface area contributed by atoms with E-state index < -0.39 is 23.3 Å². The van der Waals surface area contributed by atoms with Crippen LogP contribution in [0.2, 0.25) is 0 Å². The molecular formula is C31H38BrFN4O7. The average Bonchev–Trinajstić information content (AvgIpc) is 3.72. The number of benzene rings is 2. The molecule has 1 unspecified atom stereocenters. The number of fused-ring (bicyclic) bond motifs is 1. The molecule has 2 aromatic rings. The van der Waals surface area contributed by atoms with Gasteiger partial charge in [0, 0.05) is 37.2 Å². The third kappa shape index (κ3) is 6.33. The van der Waals surface area contributed by atoms with Crippen LogP contribution in [0, 0.1) is 11.2 Å². The van der Waals surface area contributed by atoms with Gasteiger partial charge >= 0.3 is 5.97 Å². The van der Waals surface area contributed by atoms with Crippen molar-refractivity contribution in [3.05, 3.63) is 46.3 Å². The van der Waals surface area contributed by atoms with Crippen LogP contribution in [-0.2, 0) is 21.6 Å². The lowest BCUT2D eigenvalue weighted by Gasteiger charge is -2.30. The van der Waals surface area contributed by atoms with Crippen molar-refractivity contribution in [2.24, 2.45) is 5.16 Å². The summed E-state index contributed by atoms with van der Waals surface area (Å²) in [6.07, 6.45) is 1.61. The number of aliphatic carboxylic acids is 1. The van der Waals surface area contributed by atoms with Crippen LogP contribution < -0.4 is 19.1 Å². The van der Waals surface area contributed by atoms with Crippen molar-refractivity contribution in [1.82, 2.24) is 4.90 Å². The van der Waals surface area contributed by atoms with Crippen molar-refractivity contribution in [3.63, 3.8) is 0 Å². The molecule has 1 saturated heterocycles. The number of Topliss-reactive ketones (excluding diaryl/α,β-unsaturated/α-hetero) is 1. The highest BCUT2D eigenvalue weighted by atomic mass is 79.9. The maximum absolute atomic E-state index is 15.3. The van der Waals surface area contributed by atoms with Crippen molar-refractivity contribution in [2.75, 3.05) is 45.4 Å². The Bertz CT molecular complexity index is 1500. The number of carboxylic acid groups (broad SMARTS) is 1. The number of ether oxygens (including phenoxy) is 3. The number of anilines is 1. The molecule has 0 saturated carbocycles. The lowest BCUT2D eigenvalue weighted by Crippen LogP contribution is -2.31. The van der Waals surface area contributed by atoms with Crippen molar-refractivity contribution in [3.8, 4) is 17.2 Å². The molecule has 13 heteroatoms. The number of hydrogen-bond acceptors (Lipinski definition) is 9. The first-order chi connectivity index (χ1) is 20.4. The minimum absolute atomic E-state index is 0. The molecule has 0 radical (unpaired) electrons. The Kier molecular flexibility index (Phi) is 9.77. The number of ketones is 1.